The van der Waals surface area contributed by atoms with Gasteiger partial charge in [0.1, 0.15) is 6.10 Å². The predicted molar refractivity (Wildman–Crippen MR) is 105 cm³/mol. The van der Waals surface area contributed by atoms with Crippen molar-refractivity contribution < 1.29 is 14.7 Å². The van der Waals surface area contributed by atoms with Crippen molar-refractivity contribution in [1.82, 2.24) is 20.1 Å². The lowest BCUT2D eigenvalue weighted by Crippen LogP contribution is -2.53. The Hall–Kier alpha value is -2.25. The number of nitrogens with one attached hydrogen (secondary N) is 2. The van der Waals surface area contributed by atoms with E-state index >= 15 is 0 Å². The van der Waals surface area contributed by atoms with Crippen LogP contribution in [-0.2, 0) is 11.3 Å². The fourth-order valence-electron chi connectivity index (χ4n) is 3.46. The van der Waals surface area contributed by atoms with Crippen LogP contribution in [0.3, 0.4) is 0 Å². The number of aromatic nitrogens is 1. The van der Waals surface area contributed by atoms with Crippen LogP contribution in [0.15, 0.2) is 24.3 Å². The highest BCUT2D eigenvalue weighted by molar-refractivity contribution is 6.31. The molecule has 27 heavy (non-hydrogen) atoms. The highest BCUT2D eigenvalue weighted by Crippen LogP contribution is 2.20. The number of urea groups is 1. The molecule has 2 atom stereocenters. The van der Waals surface area contributed by atoms with Crippen molar-refractivity contribution in [2.75, 3.05) is 20.1 Å². The molecule has 8 heteroatoms. The molecule has 1 aromatic heterocycles. The van der Waals surface area contributed by atoms with E-state index in [4.69, 9.17) is 11.6 Å². The normalized spacial score (nSPS) is 18.4. The molecule has 0 aliphatic carbocycles. The summed E-state index contributed by atoms with van der Waals surface area (Å²) < 4.78 is 0. The lowest BCUT2D eigenvalue weighted by atomic mass is 10.0. The summed E-state index contributed by atoms with van der Waals surface area (Å²) in [7, 11) is 1.74. The molecular weight excluding hydrogens is 368 g/mol. The second-order valence-corrected chi connectivity index (χ2v) is 7.49. The molecule has 0 spiro atoms. The number of piperidine rings is 1. The lowest BCUT2D eigenvalue weighted by Gasteiger charge is -2.38. The lowest BCUT2D eigenvalue weighted by molar-refractivity contribution is -0.141. The van der Waals surface area contributed by atoms with Gasteiger partial charge in [-0.05, 0) is 44.0 Å². The van der Waals surface area contributed by atoms with Crippen LogP contribution in [0, 0.1) is 0 Å². The van der Waals surface area contributed by atoms with Crippen LogP contribution in [0.25, 0.3) is 10.9 Å². The van der Waals surface area contributed by atoms with Crippen molar-refractivity contribution in [1.29, 1.82) is 0 Å². The van der Waals surface area contributed by atoms with E-state index in [1.165, 1.54) is 6.92 Å². The predicted octanol–water partition coefficient (Wildman–Crippen LogP) is 2.33. The van der Waals surface area contributed by atoms with Gasteiger partial charge in [-0.3, -0.25) is 4.79 Å². The average Bonchev–Trinajstić information content (AvgIpc) is 3.06. The molecule has 3 N–H and O–H groups in total. The smallest absolute Gasteiger partial charge is 0.317 e. The number of rotatable bonds is 4. The third kappa shape index (κ3) is 4.54. The number of carbonyl (C=O) groups excluding carboxylic acids is 2. The molecule has 7 nitrogen and oxygen atoms in total. The van der Waals surface area contributed by atoms with Crippen LogP contribution in [0.4, 0.5) is 4.79 Å². The zero-order valence-corrected chi connectivity index (χ0v) is 16.3. The number of benzene rings is 1. The Balaban J connectivity index is 1.57. The second-order valence-electron chi connectivity index (χ2n) is 7.05. The van der Waals surface area contributed by atoms with Gasteiger partial charge < -0.3 is 25.2 Å². The fourth-order valence-corrected chi connectivity index (χ4v) is 3.64. The third-order valence-corrected chi connectivity index (χ3v) is 5.24. The Labute approximate surface area is 163 Å². The van der Waals surface area contributed by atoms with Gasteiger partial charge in [0.2, 0.25) is 0 Å². The van der Waals surface area contributed by atoms with E-state index in [-0.39, 0.29) is 18.0 Å². The van der Waals surface area contributed by atoms with E-state index in [2.05, 4.69) is 10.3 Å². The number of amides is 3. The fraction of sp³-hybridized carbons (Fsp3) is 0.474. The molecule has 0 radical (unpaired) electrons. The van der Waals surface area contributed by atoms with Crippen molar-refractivity contribution >= 4 is 34.4 Å². The topological polar surface area (TPSA) is 88.7 Å². The van der Waals surface area contributed by atoms with Gasteiger partial charge in [0.15, 0.2) is 0 Å². The summed E-state index contributed by atoms with van der Waals surface area (Å²) in [6.45, 7) is 2.90. The van der Waals surface area contributed by atoms with Crippen LogP contribution in [0.5, 0.6) is 0 Å². The van der Waals surface area contributed by atoms with Crippen molar-refractivity contribution in [2.24, 2.45) is 0 Å². The Morgan fingerprint density at radius 2 is 2.22 bits per heavy atom. The maximum absolute atomic E-state index is 12.5. The number of aromatic amines is 1. The number of likely N-dealkylation sites (N-methyl/N-ethyl adjacent to an activating group) is 1. The summed E-state index contributed by atoms with van der Waals surface area (Å²) in [4.78, 5) is 31.0. The maximum atomic E-state index is 12.5. The van der Waals surface area contributed by atoms with E-state index in [0.717, 1.165) is 29.4 Å². The number of nitrogens with zero attached hydrogens (tertiary/aromatic N) is 2. The van der Waals surface area contributed by atoms with Gasteiger partial charge in [-0.1, -0.05) is 11.6 Å². The molecule has 146 valence electrons. The molecule has 1 aliphatic rings. The van der Waals surface area contributed by atoms with Crippen LogP contribution in [0.2, 0.25) is 5.02 Å². The molecule has 1 aromatic carbocycles. The van der Waals surface area contributed by atoms with Gasteiger partial charge in [-0.2, -0.15) is 0 Å². The zero-order valence-electron chi connectivity index (χ0n) is 15.5. The minimum absolute atomic E-state index is 0.0667. The summed E-state index contributed by atoms with van der Waals surface area (Å²) in [5, 5.41) is 14.1. The minimum Gasteiger partial charge on any atom is -0.384 e. The molecular formula is C19H25ClN4O3. The minimum atomic E-state index is -1.02. The number of halogens is 1. The molecule has 2 heterocycles. The number of hydrogen-bond donors (Lipinski definition) is 3. The number of hydrogen-bond acceptors (Lipinski definition) is 3. The van der Waals surface area contributed by atoms with Crippen LogP contribution >= 0.6 is 11.6 Å². The monoisotopic (exact) mass is 392 g/mol. The van der Waals surface area contributed by atoms with Crippen molar-refractivity contribution in [3.05, 3.63) is 35.0 Å². The number of aliphatic hydroxyl groups is 1. The van der Waals surface area contributed by atoms with Gasteiger partial charge in [0, 0.05) is 41.8 Å². The average molecular weight is 393 g/mol. The first-order valence-corrected chi connectivity index (χ1v) is 9.47. The van der Waals surface area contributed by atoms with Crippen molar-refractivity contribution in [3.8, 4) is 0 Å². The number of H-pyrrole nitrogens is 1. The second kappa shape index (κ2) is 8.19. The highest BCUT2D eigenvalue weighted by atomic mass is 35.5. The van der Waals surface area contributed by atoms with Crippen LogP contribution < -0.4 is 5.32 Å². The van der Waals surface area contributed by atoms with Gasteiger partial charge in [-0.15, -0.1) is 0 Å². The molecule has 3 rings (SSSR count). The summed E-state index contributed by atoms with van der Waals surface area (Å²) in [5.74, 6) is -0.287. The van der Waals surface area contributed by atoms with Gasteiger partial charge >= 0.3 is 6.03 Å². The van der Waals surface area contributed by atoms with Gasteiger partial charge in [0.25, 0.3) is 5.91 Å². The van der Waals surface area contributed by atoms with Crippen LogP contribution in [0.1, 0.15) is 25.5 Å². The van der Waals surface area contributed by atoms with E-state index in [0.29, 0.717) is 24.7 Å². The summed E-state index contributed by atoms with van der Waals surface area (Å²) in [5.41, 5.74) is 1.86. The molecule has 2 unspecified atom stereocenters. The van der Waals surface area contributed by atoms with E-state index in [1.807, 2.05) is 24.3 Å². The third-order valence-electron chi connectivity index (χ3n) is 5.00. The molecule has 2 aromatic rings. The van der Waals surface area contributed by atoms with E-state index < -0.39 is 6.10 Å². The molecule has 1 fully saturated rings. The molecule has 1 aliphatic heterocycles. The number of carbonyl (C=O) groups is 2. The summed E-state index contributed by atoms with van der Waals surface area (Å²) in [6.07, 6.45) is 0.625. The quantitative estimate of drug-likeness (QED) is 0.746. The van der Waals surface area contributed by atoms with Crippen molar-refractivity contribution in [3.63, 3.8) is 0 Å². The molecule has 3 amide bonds. The summed E-state index contributed by atoms with van der Waals surface area (Å²) >= 11 is 6.00. The number of fused-ring (bicyclic) bond motifs is 1. The first kappa shape index (κ1) is 19.5. The number of aliphatic hydroxyl groups excluding tert-OH is 1. The Bertz CT molecular complexity index is 835. The van der Waals surface area contributed by atoms with Gasteiger partial charge in [-0.25, -0.2) is 4.79 Å². The Morgan fingerprint density at radius 3 is 2.96 bits per heavy atom. The first-order valence-electron chi connectivity index (χ1n) is 9.10. The standard InChI is InChI=1S/C19H25ClN4O3/c1-12(25)18(26)24-7-3-4-16(11-24)23(2)19(27)21-10-15-9-13-8-14(20)5-6-17(13)22-15/h5-6,8-9,12,16,22,25H,3-4,7,10-11H2,1-2H3,(H,21,27). The van der Waals surface area contributed by atoms with E-state index in [1.54, 1.807) is 16.8 Å². The SMILES string of the molecule is CC(O)C(=O)N1CCCC(N(C)C(=O)NCc2cc3cc(Cl)ccc3[nH]2)C1. The van der Waals surface area contributed by atoms with Gasteiger partial charge in [0.05, 0.1) is 12.6 Å². The maximum Gasteiger partial charge on any atom is 0.317 e. The molecule has 0 saturated carbocycles. The highest BCUT2D eigenvalue weighted by Gasteiger charge is 2.29. The summed E-state index contributed by atoms with van der Waals surface area (Å²) in [6, 6.07) is 7.31. The number of likely N-dealkylation sites (tertiary alicyclic amines) is 1. The molecule has 1 saturated heterocycles. The Kier molecular flexibility index (Phi) is 5.92. The first-order chi connectivity index (χ1) is 12.8. The van der Waals surface area contributed by atoms with Crippen molar-refractivity contribution in [2.45, 2.75) is 38.5 Å². The van der Waals surface area contributed by atoms with Crippen LogP contribution in [-0.4, -0.2) is 64.1 Å². The van der Waals surface area contributed by atoms with E-state index in [9.17, 15) is 14.7 Å². The zero-order chi connectivity index (χ0) is 19.6. The Morgan fingerprint density at radius 1 is 1.44 bits per heavy atom. The largest absolute Gasteiger partial charge is 0.384 e. The molecule has 0 bridgehead atoms.